The maximum atomic E-state index is 12.7. The van der Waals surface area contributed by atoms with Gasteiger partial charge in [-0.05, 0) is 30.7 Å². The van der Waals surface area contributed by atoms with Crippen molar-refractivity contribution in [2.24, 2.45) is 0 Å². The van der Waals surface area contributed by atoms with Gasteiger partial charge in [-0.3, -0.25) is 13.9 Å². The van der Waals surface area contributed by atoms with E-state index in [0.717, 1.165) is 17.0 Å². The molecule has 31 heavy (non-hydrogen) atoms. The fourth-order valence-corrected chi connectivity index (χ4v) is 3.68. The minimum absolute atomic E-state index is 0.190. The number of para-hydroxylation sites is 1. The standard InChI is InChI=1S/C21H27N3O6S/c1-5-12-22-21(26)16-8-6-7-9-17(16)23-20(25)14-24(31(4,27)28)18-11-10-15(29-2)13-19(18)30-3/h6-11,13H,5,12,14H2,1-4H3,(H,22,26)(H,23,25). The van der Waals surface area contributed by atoms with Crippen molar-refractivity contribution in [2.45, 2.75) is 13.3 Å². The molecule has 0 aliphatic carbocycles. The maximum Gasteiger partial charge on any atom is 0.253 e. The van der Waals surface area contributed by atoms with E-state index in [2.05, 4.69) is 10.6 Å². The summed E-state index contributed by atoms with van der Waals surface area (Å²) in [5, 5.41) is 5.38. The lowest BCUT2D eigenvalue weighted by atomic mass is 10.1. The van der Waals surface area contributed by atoms with Crippen molar-refractivity contribution in [3.63, 3.8) is 0 Å². The molecule has 0 fully saturated rings. The number of nitrogens with one attached hydrogen (secondary N) is 2. The van der Waals surface area contributed by atoms with Gasteiger partial charge in [-0.15, -0.1) is 0 Å². The highest BCUT2D eigenvalue weighted by Crippen LogP contribution is 2.33. The second-order valence-corrected chi connectivity index (χ2v) is 8.56. The van der Waals surface area contributed by atoms with Crippen LogP contribution in [-0.2, 0) is 14.8 Å². The Kier molecular flexibility index (Phi) is 8.26. The Hall–Kier alpha value is -3.27. The lowest BCUT2D eigenvalue weighted by molar-refractivity contribution is -0.114. The molecule has 0 aromatic heterocycles. The quantitative estimate of drug-likeness (QED) is 0.575. The summed E-state index contributed by atoms with van der Waals surface area (Å²) in [5.41, 5.74) is 0.767. The van der Waals surface area contributed by atoms with E-state index in [1.807, 2.05) is 6.92 Å². The Labute approximate surface area is 182 Å². The molecule has 0 aliphatic heterocycles. The normalized spacial score (nSPS) is 10.8. The number of hydrogen-bond acceptors (Lipinski definition) is 6. The molecule has 2 rings (SSSR count). The van der Waals surface area contributed by atoms with Crippen molar-refractivity contribution in [1.82, 2.24) is 5.32 Å². The zero-order chi connectivity index (χ0) is 23.0. The SMILES string of the molecule is CCCNC(=O)c1ccccc1NC(=O)CN(c1ccc(OC)cc1OC)S(C)(=O)=O. The molecular formula is C21H27N3O6S. The van der Waals surface area contributed by atoms with Gasteiger partial charge >= 0.3 is 0 Å². The molecule has 10 heteroatoms. The van der Waals surface area contributed by atoms with Gasteiger partial charge in [-0.1, -0.05) is 19.1 Å². The third-order valence-electron chi connectivity index (χ3n) is 4.32. The van der Waals surface area contributed by atoms with E-state index < -0.39 is 22.5 Å². The van der Waals surface area contributed by atoms with Gasteiger partial charge in [0.1, 0.15) is 18.0 Å². The van der Waals surface area contributed by atoms with Crippen LogP contribution in [0, 0.1) is 0 Å². The zero-order valence-corrected chi connectivity index (χ0v) is 18.8. The monoisotopic (exact) mass is 449 g/mol. The van der Waals surface area contributed by atoms with Crippen LogP contribution in [0.5, 0.6) is 11.5 Å². The summed E-state index contributed by atoms with van der Waals surface area (Å²) in [6, 6.07) is 11.1. The van der Waals surface area contributed by atoms with E-state index >= 15 is 0 Å². The van der Waals surface area contributed by atoms with Gasteiger partial charge in [-0.2, -0.15) is 0 Å². The topological polar surface area (TPSA) is 114 Å². The summed E-state index contributed by atoms with van der Waals surface area (Å²) in [7, 11) is -0.954. The van der Waals surface area contributed by atoms with Gasteiger partial charge in [0, 0.05) is 12.6 Å². The van der Waals surface area contributed by atoms with E-state index in [1.54, 1.807) is 30.3 Å². The third kappa shape index (κ3) is 6.35. The lowest BCUT2D eigenvalue weighted by Gasteiger charge is -2.24. The molecule has 0 spiro atoms. The van der Waals surface area contributed by atoms with Gasteiger partial charge in [0.15, 0.2) is 0 Å². The van der Waals surface area contributed by atoms with Crippen molar-refractivity contribution < 1.29 is 27.5 Å². The van der Waals surface area contributed by atoms with Crippen LogP contribution in [0.1, 0.15) is 23.7 Å². The predicted molar refractivity (Wildman–Crippen MR) is 119 cm³/mol. The molecule has 0 heterocycles. The summed E-state index contributed by atoms with van der Waals surface area (Å²) in [6.45, 7) is 1.92. The minimum Gasteiger partial charge on any atom is -0.497 e. The van der Waals surface area contributed by atoms with Gasteiger partial charge in [-0.25, -0.2) is 8.42 Å². The summed E-state index contributed by atoms with van der Waals surface area (Å²) in [6.07, 6.45) is 1.77. The molecule has 2 aromatic rings. The first-order chi connectivity index (χ1) is 14.7. The Bertz CT molecular complexity index is 1040. The number of methoxy groups -OCH3 is 2. The number of benzene rings is 2. The Morgan fingerprint density at radius 3 is 2.39 bits per heavy atom. The number of ether oxygens (including phenoxy) is 2. The minimum atomic E-state index is -3.82. The van der Waals surface area contributed by atoms with Crippen molar-refractivity contribution in [3.05, 3.63) is 48.0 Å². The molecule has 9 nitrogen and oxygen atoms in total. The lowest BCUT2D eigenvalue weighted by Crippen LogP contribution is -2.38. The van der Waals surface area contributed by atoms with E-state index in [-0.39, 0.29) is 28.6 Å². The van der Waals surface area contributed by atoms with Gasteiger partial charge in [0.05, 0.1) is 37.4 Å². The van der Waals surface area contributed by atoms with Crippen LogP contribution in [0.4, 0.5) is 11.4 Å². The molecule has 2 amide bonds. The van der Waals surface area contributed by atoms with Crippen molar-refractivity contribution >= 4 is 33.2 Å². The van der Waals surface area contributed by atoms with E-state index in [9.17, 15) is 18.0 Å². The third-order valence-corrected chi connectivity index (χ3v) is 5.45. The number of carbonyl (C=O) groups is 2. The first-order valence-electron chi connectivity index (χ1n) is 9.58. The molecule has 0 bridgehead atoms. The average Bonchev–Trinajstić information content (AvgIpc) is 2.75. The molecular weight excluding hydrogens is 422 g/mol. The second kappa shape index (κ2) is 10.7. The molecule has 168 valence electrons. The van der Waals surface area contributed by atoms with Crippen LogP contribution < -0.4 is 24.4 Å². The van der Waals surface area contributed by atoms with Crippen molar-refractivity contribution in [2.75, 3.05) is 43.2 Å². The maximum absolute atomic E-state index is 12.7. The average molecular weight is 450 g/mol. The van der Waals surface area contributed by atoms with Crippen LogP contribution in [0.25, 0.3) is 0 Å². The van der Waals surface area contributed by atoms with Crippen LogP contribution >= 0.6 is 0 Å². The summed E-state index contributed by atoms with van der Waals surface area (Å²) < 4.78 is 36.2. The number of hydrogen-bond donors (Lipinski definition) is 2. The first kappa shape index (κ1) is 24.0. The zero-order valence-electron chi connectivity index (χ0n) is 18.0. The number of nitrogens with zero attached hydrogens (tertiary/aromatic N) is 1. The Balaban J connectivity index is 2.29. The van der Waals surface area contributed by atoms with Crippen LogP contribution in [0.2, 0.25) is 0 Å². The smallest absolute Gasteiger partial charge is 0.253 e. The fraction of sp³-hybridized carbons (Fsp3) is 0.333. The number of sulfonamides is 1. The van der Waals surface area contributed by atoms with E-state index in [0.29, 0.717) is 12.3 Å². The molecule has 2 aromatic carbocycles. The molecule has 0 atom stereocenters. The summed E-state index contributed by atoms with van der Waals surface area (Å²) in [5.74, 6) is -0.226. The number of rotatable bonds is 10. The molecule has 2 N–H and O–H groups in total. The Morgan fingerprint density at radius 2 is 1.77 bits per heavy atom. The molecule has 0 saturated heterocycles. The predicted octanol–water partition coefficient (Wildman–Crippen LogP) is 2.25. The van der Waals surface area contributed by atoms with Gasteiger partial charge in [0.25, 0.3) is 5.91 Å². The largest absolute Gasteiger partial charge is 0.497 e. The summed E-state index contributed by atoms with van der Waals surface area (Å²) in [4.78, 5) is 25.1. The highest BCUT2D eigenvalue weighted by Gasteiger charge is 2.25. The van der Waals surface area contributed by atoms with Gasteiger partial charge in [0.2, 0.25) is 15.9 Å². The van der Waals surface area contributed by atoms with E-state index in [4.69, 9.17) is 9.47 Å². The molecule has 0 unspecified atom stereocenters. The molecule has 0 saturated carbocycles. The van der Waals surface area contributed by atoms with Gasteiger partial charge < -0.3 is 20.1 Å². The molecule has 0 aliphatic rings. The van der Waals surface area contributed by atoms with E-state index in [1.165, 1.54) is 26.4 Å². The van der Waals surface area contributed by atoms with Crippen molar-refractivity contribution in [3.8, 4) is 11.5 Å². The second-order valence-electron chi connectivity index (χ2n) is 6.66. The number of carbonyl (C=O) groups excluding carboxylic acids is 2. The molecule has 0 radical (unpaired) electrons. The highest BCUT2D eigenvalue weighted by molar-refractivity contribution is 7.92. The van der Waals surface area contributed by atoms with Crippen LogP contribution in [-0.4, -0.2) is 53.8 Å². The van der Waals surface area contributed by atoms with Crippen molar-refractivity contribution in [1.29, 1.82) is 0 Å². The Morgan fingerprint density at radius 1 is 1.06 bits per heavy atom. The van der Waals surface area contributed by atoms with Crippen LogP contribution in [0.3, 0.4) is 0 Å². The fourth-order valence-electron chi connectivity index (χ4n) is 2.82. The van der Waals surface area contributed by atoms with Crippen LogP contribution in [0.15, 0.2) is 42.5 Å². The number of amides is 2. The first-order valence-corrected chi connectivity index (χ1v) is 11.4. The number of anilines is 2. The summed E-state index contributed by atoms with van der Waals surface area (Å²) >= 11 is 0. The highest BCUT2D eigenvalue weighted by atomic mass is 32.2.